The third-order valence-electron chi connectivity index (χ3n) is 4.68. The Labute approximate surface area is 144 Å². The van der Waals surface area contributed by atoms with E-state index in [1.165, 1.54) is 22.0 Å². The van der Waals surface area contributed by atoms with Gasteiger partial charge in [-0.25, -0.2) is 22.5 Å². The Morgan fingerprint density at radius 1 is 1.24 bits per heavy atom. The van der Waals surface area contributed by atoms with Gasteiger partial charge in [0.15, 0.2) is 5.65 Å². The maximum atomic E-state index is 12.2. The lowest BCUT2D eigenvalue weighted by molar-refractivity contribution is 0.315. The van der Waals surface area contributed by atoms with Crippen LogP contribution in [0.4, 0.5) is 0 Å². The summed E-state index contributed by atoms with van der Waals surface area (Å²) in [4.78, 5) is 31.7. The van der Waals surface area contributed by atoms with Crippen LogP contribution >= 0.6 is 0 Å². The zero-order valence-corrected chi connectivity index (χ0v) is 15.0. The molecule has 0 bridgehead atoms. The predicted octanol–water partition coefficient (Wildman–Crippen LogP) is -0.344. The monoisotopic (exact) mass is 367 g/mol. The molecule has 0 aliphatic carbocycles. The van der Waals surface area contributed by atoms with Crippen molar-refractivity contribution >= 4 is 21.2 Å². The molecule has 0 atom stereocenters. The summed E-state index contributed by atoms with van der Waals surface area (Å²) < 4.78 is 28.0. The lowest BCUT2D eigenvalue weighted by Gasteiger charge is -2.29. The Kier molecular flexibility index (Phi) is 4.41. The smallest absolute Gasteiger partial charge is 0.332 e. The maximum Gasteiger partial charge on any atom is 0.332 e. The number of aromatic nitrogens is 4. The predicted molar refractivity (Wildman–Crippen MR) is 94.1 cm³/mol. The third-order valence-corrected chi connectivity index (χ3v) is 6.48. The molecule has 0 aromatic carbocycles. The van der Waals surface area contributed by atoms with Crippen LogP contribution < -0.4 is 11.2 Å². The Morgan fingerprint density at radius 2 is 1.88 bits per heavy atom. The highest BCUT2D eigenvalue weighted by molar-refractivity contribution is 7.89. The molecule has 3 rings (SSSR count). The van der Waals surface area contributed by atoms with E-state index in [-0.39, 0.29) is 11.7 Å². The Balaban J connectivity index is 1.89. The second-order valence-corrected chi connectivity index (χ2v) is 8.28. The number of sulfonamides is 1. The second kappa shape index (κ2) is 6.26. The van der Waals surface area contributed by atoms with E-state index in [1.54, 1.807) is 7.05 Å². The molecule has 1 N–H and O–H groups in total. The van der Waals surface area contributed by atoms with Gasteiger partial charge in [-0.3, -0.25) is 13.9 Å². The van der Waals surface area contributed by atoms with Crippen molar-refractivity contribution < 1.29 is 8.42 Å². The van der Waals surface area contributed by atoms with Gasteiger partial charge in [-0.2, -0.15) is 0 Å². The minimum Gasteiger partial charge on any atom is -0.336 e. The quantitative estimate of drug-likeness (QED) is 0.743. The summed E-state index contributed by atoms with van der Waals surface area (Å²) in [5.41, 5.74) is -0.227. The fourth-order valence-corrected chi connectivity index (χ4v) is 4.47. The molecule has 0 unspecified atom stereocenters. The van der Waals surface area contributed by atoms with Gasteiger partial charge in [0.25, 0.3) is 5.56 Å². The number of nitrogens with one attached hydrogen (secondary N) is 1. The molecule has 1 saturated heterocycles. The summed E-state index contributed by atoms with van der Waals surface area (Å²) in [6.07, 6.45) is 2.59. The van der Waals surface area contributed by atoms with Crippen LogP contribution in [-0.2, 0) is 24.1 Å². The number of H-pyrrole nitrogens is 1. The molecule has 1 aliphatic rings. The first-order chi connectivity index (χ1) is 11.8. The van der Waals surface area contributed by atoms with E-state index in [1.807, 2.05) is 0 Å². The normalized spacial score (nSPS) is 17.2. The number of aromatic amines is 1. The summed E-state index contributed by atoms with van der Waals surface area (Å²) in [6.45, 7) is 4.27. The van der Waals surface area contributed by atoms with E-state index >= 15 is 0 Å². The molecule has 25 heavy (non-hydrogen) atoms. The van der Waals surface area contributed by atoms with Crippen molar-refractivity contribution in [2.24, 2.45) is 14.1 Å². The van der Waals surface area contributed by atoms with Gasteiger partial charge in [0.2, 0.25) is 10.0 Å². The Bertz CT molecular complexity index is 1040. The van der Waals surface area contributed by atoms with Crippen LogP contribution in [0.2, 0.25) is 0 Å². The second-order valence-electron chi connectivity index (χ2n) is 6.27. The molecule has 0 radical (unpaired) electrons. The van der Waals surface area contributed by atoms with E-state index in [9.17, 15) is 18.0 Å². The summed E-state index contributed by atoms with van der Waals surface area (Å²) in [6, 6.07) is 0. The van der Waals surface area contributed by atoms with Crippen LogP contribution in [0.5, 0.6) is 0 Å². The average Bonchev–Trinajstić information content (AvgIpc) is 3.04. The Hall–Kier alpha value is -2.20. The van der Waals surface area contributed by atoms with E-state index in [0.717, 1.165) is 4.57 Å². The number of rotatable bonds is 4. The number of hydrogen-bond donors (Lipinski definition) is 1. The van der Waals surface area contributed by atoms with Crippen molar-refractivity contribution in [3.8, 4) is 0 Å². The molecule has 0 spiro atoms. The standard InChI is InChI=1S/C15H21N5O4S/c1-4-9-25(23,24)20-7-5-10(6-8-20)12-16-11-13(17-12)18(2)15(22)19(3)14(11)21/h4,10H,1,5-9H2,2-3H3,(H,16,17). The third kappa shape index (κ3) is 2.95. The first-order valence-corrected chi connectivity index (χ1v) is 9.61. The fraction of sp³-hybridized carbons (Fsp3) is 0.533. The first kappa shape index (κ1) is 17.6. The highest BCUT2D eigenvalue weighted by Gasteiger charge is 2.29. The summed E-state index contributed by atoms with van der Waals surface area (Å²) in [5.74, 6) is 0.567. The van der Waals surface area contributed by atoms with Crippen molar-refractivity contribution in [3.05, 3.63) is 39.3 Å². The van der Waals surface area contributed by atoms with E-state index < -0.39 is 21.3 Å². The van der Waals surface area contributed by atoms with Crippen LogP contribution in [0.1, 0.15) is 24.6 Å². The number of piperidine rings is 1. The number of aryl methyl sites for hydroxylation is 1. The molecule has 3 heterocycles. The van der Waals surface area contributed by atoms with Crippen LogP contribution in [-0.4, -0.2) is 50.7 Å². The molecule has 0 saturated carbocycles. The van der Waals surface area contributed by atoms with Gasteiger partial charge in [-0.05, 0) is 12.8 Å². The van der Waals surface area contributed by atoms with E-state index in [2.05, 4.69) is 16.5 Å². The highest BCUT2D eigenvalue weighted by atomic mass is 32.2. The van der Waals surface area contributed by atoms with E-state index in [0.29, 0.717) is 42.9 Å². The molecule has 136 valence electrons. The first-order valence-electron chi connectivity index (χ1n) is 8.00. The van der Waals surface area contributed by atoms with Crippen LogP contribution in [0.3, 0.4) is 0 Å². The molecule has 1 fully saturated rings. The molecule has 1 aliphatic heterocycles. The van der Waals surface area contributed by atoms with Crippen LogP contribution in [0.25, 0.3) is 11.2 Å². The van der Waals surface area contributed by atoms with Crippen molar-refractivity contribution in [2.45, 2.75) is 18.8 Å². The zero-order valence-electron chi connectivity index (χ0n) is 14.2. The summed E-state index contributed by atoms with van der Waals surface area (Å²) in [5, 5.41) is 0. The minimum absolute atomic E-state index is 0.0161. The lowest BCUT2D eigenvalue weighted by atomic mass is 9.98. The molecule has 2 aromatic rings. The van der Waals surface area contributed by atoms with Gasteiger partial charge in [-0.1, -0.05) is 6.08 Å². The molecular weight excluding hydrogens is 346 g/mol. The van der Waals surface area contributed by atoms with Crippen molar-refractivity contribution in [1.29, 1.82) is 0 Å². The maximum absolute atomic E-state index is 12.2. The lowest BCUT2D eigenvalue weighted by Crippen LogP contribution is -2.39. The fourth-order valence-electron chi connectivity index (χ4n) is 3.20. The van der Waals surface area contributed by atoms with Gasteiger partial charge in [0, 0.05) is 33.1 Å². The Morgan fingerprint density at radius 3 is 2.48 bits per heavy atom. The minimum atomic E-state index is -3.30. The molecule has 10 heteroatoms. The largest absolute Gasteiger partial charge is 0.336 e. The molecule has 0 amide bonds. The van der Waals surface area contributed by atoms with Gasteiger partial charge < -0.3 is 4.98 Å². The van der Waals surface area contributed by atoms with E-state index in [4.69, 9.17) is 0 Å². The van der Waals surface area contributed by atoms with Crippen molar-refractivity contribution in [2.75, 3.05) is 18.8 Å². The molecule has 9 nitrogen and oxygen atoms in total. The topological polar surface area (TPSA) is 110 Å². The summed E-state index contributed by atoms with van der Waals surface area (Å²) >= 11 is 0. The number of nitrogens with zero attached hydrogens (tertiary/aromatic N) is 4. The van der Waals surface area contributed by atoms with Gasteiger partial charge in [-0.15, -0.1) is 6.58 Å². The van der Waals surface area contributed by atoms with Gasteiger partial charge in [0.1, 0.15) is 11.3 Å². The summed E-state index contributed by atoms with van der Waals surface area (Å²) in [7, 11) is -0.310. The number of imidazole rings is 1. The van der Waals surface area contributed by atoms with Crippen molar-refractivity contribution in [1.82, 2.24) is 23.4 Å². The average molecular weight is 367 g/mol. The SMILES string of the molecule is C=CCS(=O)(=O)N1CCC(c2nc3c([nH]2)c(=O)n(C)c(=O)n3C)CC1. The van der Waals surface area contributed by atoms with Gasteiger partial charge in [0.05, 0.1) is 5.75 Å². The zero-order chi connectivity index (χ0) is 18.4. The number of hydrogen-bond acceptors (Lipinski definition) is 5. The number of fused-ring (bicyclic) bond motifs is 1. The van der Waals surface area contributed by atoms with Gasteiger partial charge >= 0.3 is 5.69 Å². The molecular formula is C15H21N5O4S. The van der Waals surface area contributed by atoms with Crippen molar-refractivity contribution in [3.63, 3.8) is 0 Å². The van der Waals surface area contributed by atoms with Crippen LogP contribution in [0.15, 0.2) is 22.2 Å². The highest BCUT2D eigenvalue weighted by Crippen LogP contribution is 2.28. The molecule has 2 aromatic heterocycles. The van der Waals surface area contributed by atoms with Crippen LogP contribution in [0, 0.1) is 0 Å².